The number of benzene rings is 2. The molecule has 0 atom stereocenters. The Morgan fingerprint density at radius 3 is 2.18 bits per heavy atom. The summed E-state index contributed by atoms with van der Waals surface area (Å²) in [6, 6.07) is 8.93. The Morgan fingerprint density at radius 2 is 1.54 bits per heavy atom. The summed E-state index contributed by atoms with van der Waals surface area (Å²) in [6.45, 7) is 3.24. The maximum absolute atomic E-state index is 13.7. The van der Waals surface area contributed by atoms with Gasteiger partial charge in [0.15, 0.2) is 0 Å². The molecule has 2 aromatic rings. The number of nitrogens with one attached hydrogen (secondary N) is 1. The SMILES string of the molecule is CC(=O)N1CCN(C(=O)c2cccc(C(=O)Nc3ccc(F)cc3F)c2)CC1. The summed E-state index contributed by atoms with van der Waals surface area (Å²) in [5.74, 6) is -2.51. The van der Waals surface area contributed by atoms with Crippen molar-refractivity contribution in [2.45, 2.75) is 6.92 Å². The zero-order valence-corrected chi connectivity index (χ0v) is 15.2. The molecule has 0 aromatic heterocycles. The minimum atomic E-state index is -0.885. The molecule has 6 nitrogen and oxygen atoms in total. The van der Waals surface area contributed by atoms with Crippen LogP contribution in [0.25, 0.3) is 0 Å². The number of piperazine rings is 1. The standard InChI is InChI=1S/C20H19F2N3O3/c1-13(26)24-7-9-25(10-8-24)20(28)15-4-2-3-14(11-15)19(27)23-18-6-5-16(21)12-17(18)22/h2-6,11-12H,7-10H2,1H3,(H,23,27). The number of hydrogen-bond acceptors (Lipinski definition) is 3. The van der Waals surface area contributed by atoms with E-state index in [0.717, 1.165) is 12.1 Å². The first-order valence-corrected chi connectivity index (χ1v) is 8.76. The largest absolute Gasteiger partial charge is 0.339 e. The summed E-state index contributed by atoms with van der Waals surface area (Å²) in [5, 5.41) is 2.37. The van der Waals surface area contributed by atoms with Crippen molar-refractivity contribution in [3.05, 3.63) is 65.2 Å². The quantitative estimate of drug-likeness (QED) is 0.880. The van der Waals surface area contributed by atoms with E-state index in [1.165, 1.54) is 19.1 Å². The van der Waals surface area contributed by atoms with Gasteiger partial charge in [0.1, 0.15) is 11.6 Å². The smallest absolute Gasteiger partial charge is 0.255 e. The van der Waals surface area contributed by atoms with Crippen LogP contribution in [-0.2, 0) is 4.79 Å². The summed E-state index contributed by atoms with van der Waals surface area (Å²) in [7, 11) is 0. The van der Waals surface area contributed by atoms with Crippen molar-refractivity contribution in [2.24, 2.45) is 0 Å². The lowest BCUT2D eigenvalue weighted by Crippen LogP contribution is -2.50. The number of amides is 3. The van der Waals surface area contributed by atoms with Gasteiger partial charge in [-0.05, 0) is 30.3 Å². The molecule has 2 aromatic carbocycles. The third-order valence-corrected chi connectivity index (χ3v) is 4.56. The predicted molar refractivity (Wildman–Crippen MR) is 98.9 cm³/mol. The van der Waals surface area contributed by atoms with Gasteiger partial charge in [-0.1, -0.05) is 6.07 Å². The molecule has 0 aliphatic carbocycles. The van der Waals surface area contributed by atoms with Crippen LogP contribution in [-0.4, -0.2) is 53.7 Å². The number of hydrogen-bond donors (Lipinski definition) is 1. The Balaban J connectivity index is 1.70. The molecule has 146 valence electrons. The fourth-order valence-corrected chi connectivity index (χ4v) is 2.99. The van der Waals surface area contributed by atoms with E-state index in [1.807, 2.05) is 0 Å². The molecule has 8 heteroatoms. The van der Waals surface area contributed by atoms with Crippen LogP contribution in [0, 0.1) is 11.6 Å². The number of halogens is 2. The van der Waals surface area contributed by atoms with Crippen molar-refractivity contribution in [3.8, 4) is 0 Å². The molecular weight excluding hydrogens is 368 g/mol. The summed E-state index contributed by atoms with van der Waals surface area (Å²) in [5.41, 5.74) is 0.351. The monoisotopic (exact) mass is 387 g/mol. The maximum Gasteiger partial charge on any atom is 0.255 e. The van der Waals surface area contributed by atoms with Crippen LogP contribution in [0.2, 0.25) is 0 Å². The summed E-state index contributed by atoms with van der Waals surface area (Å²) in [4.78, 5) is 39.8. The van der Waals surface area contributed by atoms with Crippen LogP contribution in [0.1, 0.15) is 27.6 Å². The molecule has 0 radical (unpaired) electrons. The van der Waals surface area contributed by atoms with E-state index in [9.17, 15) is 23.2 Å². The molecule has 1 aliphatic heterocycles. The minimum Gasteiger partial charge on any atom is -0.339 e. The topological polar surface area (TPSA) is 69.7 Å². The number of carbonyl (C=O) groups is 3. The summed E-state index contributed by atoms with van der Waals surface area (Å²) < 4.78 is 26.7. The van der Waals surface area contributed by atoms with Gasteiger partial charge >= 0.3 is 0 Å². The Morgan fingerprint density at radius 1 is 0.893 bits per heavy atom. The van der Waals surface area contributed by atoms with Gasteiger partial charge in [0.05, 0.1) is 5.69 Å². The van der Waals surface area contributed by atoms with Crippen molar-refractivity contribution in [1.29, 1.82) is 0 Å². The van der Waals surface area contributed by atoms with Gasteiger partial charge in [-0.25, -0.2) is 8.78 Å². The molecule has 0 spiro atoms. The lowest BCUT2D eigenvalue weighted by Gasteiger charge is -2.34. The molecule has 1 saturated heterocycles. The average molecular weight is 387 g/mol. The zero-order valence-electron chi connectivity index (χ0n) is 15.2. The van der Waals surface area contributed by atoms with Crippen LogP contribution < -0.4 is 5.32 Å². The molecular formula is C20H19F2N3O3. The van der Waals surface area contributed by atoms with Gasteiger partial charge in [0.25, 0.3) is 11.8 Å². The van der Waals surface area contributed by atoms with E-state index in [0.29, 0.717) is 37.8 Å². The van der Waals surface area contributed by atoms with E-state index < -0.39 is 17.5 Å². The Hall–Kier alpha value is -3.29. The Bertz CT molecular complexity index is 925. The number of carbonyl (C=O) groups excluding carboxylic acids is 3. The van der Waals surface area contributed by atoms with Crippen LogP contribution in [0.3, 0.4) is 0 Å². The minimum absolute atomic E-state index is 0.0289. The second kappa shape index (κ2) is 8.16. The fraction of sp³-hybridized carbons (Fsp3) is 0.250. The number of rotatable bonds is 3. The lowest BCUT2D eigenvalue weighted by molar-refractivity contribution is -0.130. The first-order valence-electron chi connectivity index (χ1n) is 8.76. The van der Waals surface area contributed by atoms with Crippen LogP contribution in [0.4, 0.5) is 14.5 Å². The zero-order chi connectivity index (χ0) is 20.3. The molecule has 1 fully saturated rings. The third kappa shape index (κ3) is 4.33. The van der Waals surface area contributed by atoms with Gasteiger partial charge < -0.3 is 15.1 Å². The van der Waals surface area contributed by atoms with Crippen molar-refractivity contribution in [1.82, 2.24) is 9.80 Å². The predicted octanol–water partition coefficient (Wildman–Crippen LogP) is 2.52. The first kappa shape index (κ1) is 19.5. The van der Waals surface area contributed by atoms with E-state index in [4.69, 9.17) is 0 Å². The molecule has 0 unspecified atom stereocenters. The molecule has 0 bridgehead atoms. The van der Waals surface area contributed by atoms with Gasteiger partial charge in [-0.2, -0.15) is 0 Å². The number of nitrogens with zero attached hydrogens (tertiary/aromatic N) is 2. The highest BCUT2D eigenvalue weighted by Gasteiger charge is 2.23. The Labute approximate surface area is 160 Å². The molecule has 3 rings (SSSR count). The third-order valence-electron chi connectivity index (χ3n) is 4.56. The highest BCUT2D eigenvalue weighted by Crippen LogP contribution is 2.17. The van der Waals surface area contributed by atoms with Gasteiger partial charge in [-0.3, -0.25) is 14.4 Å². The fourth-order valence-electron chi connectivity index (χ4n) is 2.99. The number of anilines is 1. The normalized spacial score (nSPS) is 14.0. The highest BCUT2D eigenvalue weighted by atomic mass is 19.1. The molecule has 1 N–H and O–H groups in total. The van der Waals surface area contributed by atoms with Crippen LogP contribution in [0.15, 0.2) is 42.5 Å². The highest BCUT2D eigenvalue weighted by molar-refractivity contribution is 6.06. The Kier molecular flexibility index (Phi) is 5.67. The van der Waals surface area contributed by atoms with Gasteiger partial charge in [-0.15, -0.1) is 0 Å². The van der Waals surface area contributed by atoms with Crippen LogP contribution >= 0.6 is 0 Å². The van der Waals surface area contributed by atoms with E-state index in [1.54, 1.807) is 21.9 Å². The van der Waals surface area contributed by atoms with Crippen molar-refractivity contribution in [3.63, 3.8) is 0 Å². The van der Waals surface area contributed by atoms with Crippen molar-refractivity contribution in [2.75, 3.05) is 31.5 Å². The molecule has 3 amide bonds. The van der Waals surface area contributed by atoms with Crippen molar-refractivity contribution >= 4 is 23.4 Å². The summed E-state index contributed by atoms with van der Waals surface area (Å²) >= 11 is 0. The van der Waals surface area contributed by atoms with Crippen molar-refractivity contribution < 1.29 is 23.2 Å². The van der Waals surface area contributed by atoms with E-state index in [-0.39, 0.29) is 23.1 Å². The second-order valence-corrected chi connectivity index (χ2v) is 6.46. The molecule has 1 heterocycles. The molecule has 28 heavy (non-hydrogen) atoms. The summed E-state index contributed by atoms with van der Waals surface area (Å²) in [6.07, 6.45) is 0. The molecule has 1 aliphatic rings. The second-order valence-electron chi connectivity index (χ2n) is 6.46. The maximum atomic E-state index is 13.7. The van der Waals surface area contributed by atoms with Gasteiger partial charge in [0.2, 0.25) is 5.91 Å². The first-order chi connectivity index (χ1) is 13.3. The van der Waals surface area contributed by atoms with E-state index in [2.05, 4.69) is 5.32 Å². The van der Waals surface area contributed by atoms with Crippen LogP contribution in [0.5, 0.6) is 0 Å². The van der Waals surface area contributed by atoms with E-state index >= 15 is 0 Å². The lowest BCUT2D eigenvalue weighted by atomic mass is 10.1. The molecule has 0 saturated carbocycles. The average Bonchev–Trinajstić information content (AvgIpc) is 2.69. The van der Waals surface area contributed by atoms with Gasteiger partial charge in [0, 0.05) is 50.3 Å².